The van der Waals surface area contributed by atoms with Gasteiger partial charge in [-0.15, -0.1) is 0 Å². The van der Waals surface area contributed by atoms with Crippen LogP contribution in [0, 0.1) is 0 Å². The van der Waals surface area contributed by atoms with Gasteiger partial charge in [0.15, 0.2) is 0 Å². The average molecular weight is 290 g/mol. The molecule has 0 nitrogen and oxygen atoms in total. The Kier molecular flexibility index (Phi) is 7.70. The van der Waals surface area contributed by atoms with Gasteiger partial charge in [-0.1, -0.05) is 92.4 Å². The van der Waals surface area contributed by atoms with Gasteiger partial charge in [0.05, 0.1) is 0 Å². The monoisotopic (exact) mass is 290 g/mol. The lowest BCUT2D eigenvalue weighted by molar-refractivity contribution is 1.16. The van der Waals surface area contributed by atoms with Crippen molar-refractivity contribution in [3.05, 3.63) is 102 Å². The molecule has 0 amide bonds. The number of benzene rings is 1. The summed E-state index contributed by atoms with van der Waals surface area (Å²) in [6, 6.07) is 10.2. The van der Waals surface area contributed by atoms with Crippen LogP contribution in [0.15, 0.2) is 96.7 Å². The van der Waals surface area contributed by atoms with E-state index in [9.17, 15) is 0 Å². The fourth-order valence-electron chi connectivity index (χ4n) is 1.98. The van der Waals surface area contributed by atoms with Gasteiger partial charge in [-0.3, -0.25) is 0 Å². The molecule has 0 aliphatic carbocycles. The maximum Gasteiger partial charge on any atom is -0.0190 e. The molecule has 0 saturated heterocycles. The van der Waals surface area contributed by atoms with E-state index in [1.165, 1.54) is 11.1 Å². The Morgan fingerprint density at radius 2 is 1.41 bits per heavy atom. The van der Waals surface area contributed by atoms with Crippen molar-refractivity contribution in [2.24, 2.45) is 0 Å². The van der Waals surface area contributed by atoms with E-state index in [1.807, 2.05) is 18.2 Å². The number of hydrogen-bond donors (Lipinski definition) is 0. The maximum absolute atomic E-state index is 4.14. The molecule has 1 rings (SSSR count). The minimum atomic E-state index is 0.972. The predicted octanol–water partition coefficient (Wildman–Crippen LogP) is 6.67. The van der Waals surface area contributed by atoms with E-state index < -0.39 is 0 Å². The molecule has 0 heteroatoms. The molecular weight excluding hydrogens is 264 g/mol. The zero-order chi connectivity index (χ0) is 16.4. The van der Waals surface area contributed by atoms with Crippen LogP contribution in [0.25, 0.3) is 5.57 Å². The molecule has 0 heterocycles. The van der Waals surface area contributed by atoms with Gasteiger partial charge in [0.1, 0.15) is 0 Å². The smallest absolute Gasteiger partial charge is 0.0190 e. The SMILES string of the molecule is C=C(\C=C/C(=C\C)C(/C=C\C(=C)c1ccccc1)=C/C)CC. The van der Waals surface area contributed by atoms with E-state index >= 15 is 0 Å². The molecule has 0 saturated carbocycles. The van der Waals surface area contributed by atoms with Gasteiger partial charge < -0.3 is 0 Å². The third kappa shape index (κ3) is 5.57. The van der Waals surface area contributed by atoms with Crippen LogP contribution < -0.4 is 0 Å². The molecule has 0 N–H and O–H groups in total. The van der Waals surface area contributed by atoms with Crippen LogP contribution in [-0.2, 0) is 0 Å². The summed E-state index contributed by atoms with van der Waals surface area (Å²) in [4.78, 5) is 0. The molecule has 114 valence electrons. The Hall–Kier alpha value is -2.34. The lowest BCUT2D eigenvalue weighted by Crippen LogP contribution is -1.84. The maximum atomic E-state index is 4.14. The van der Waals surface area contributed by atoms with Crippen LogP contribution in [0.4, 0.5) is 0 Å². The molecule has 0 aliphatic heterocycles. The van der Waals surface area contributed by atoms with Crippen molar-refractivity contribution in [3.8, 4) is 0 Å². The number of allylic oxidation sites excluding steroid dienone is 10. The van der Waals surface area contributed by atoms with Crippen LogP contribution in [0.3, 0.4) is 0 Å². The first kappa shape index (κ1) is 17.7. The van der Waals surface area contributed by atoms with Gasteiger partial charge in [-0.25, -0.2) is 0 Å². The topological polar surface area (TPSA) is 0 Å². The van der Waals surface area contributed by atoms with Crippen molar-refractivity contribution in [1.29, 1.82) is 0 Å². The first-order valence-corrected chi connectivity index (χ1v) is 7.73. The lowest BCUT2D eigenvalue weighted by Gasteiger charge is -2.05. The molecule has 0 atom stereocenters. The van der Waals surface area contributed by atoms with E-state index in [0.717, 1.165) is 23.1 Å². The largest absolute Gasteiger partial charge is 0.0958 e. The molecule has 0 spiro atoms. The Bertz CT molecular complexity index is 619. The normalized spacial score (nSPS) is 13.0. The number of rotatable bonds is 7. The van der Waals surface area contributed by atoms with Crippen molar-refractivity contribution in [1.82, 2.24) is 0 Å². The number of hydrogen-bond acceptors (Lipinski definition) is 0. The average Bonchev–Trinajstić information content (AvgIpc) is 2.57. The molecule has 0 radical (unpaired) electrons. The van der Waals surface area contributed by atoms with Crippen molar-refractivity contribution in [3.63, 3.8) is 0 Å². The Morgan fingerprint density at radius 1 is 0.864 bits per heavy atom. The second-order valence-corrected chi connectivity index (χ2v) is 5.06. The molecule has 0 fully saturated rings. The highest BCUT2D eigenvalue weighted by atomic mass is 14.0. The highest BCUT2D eigenvalue weighted by molar-refractivity contribution is 5.73. The van der Waals surface area contributed by atoms with E-state index in [4.69, 9.17) is 0 Å². The summed E-state index contributed by atoms with van der Waals surface area (Å²) >= 11 is 0. The van der Waals surface area contributed by atoms with E-state index in [1.54, 1.807) is 0 Å². The van der Waals surface area contributed by atoms with Crippen molar-refractivity contribution in [2.75, 3.05) is 0 Å². The molecule has 0 aromatic heterocycles. The fraction of sp³-hybridized carbons (Fsp3) is 0.182. The molecule has 0 bridgehead atoms. The molecule has 0 aliphatic rings. The van der Waals surface area contributed by atoms with Gasteiger partial charge in [0, 0.05) is 0 Å². The van der Waals surface area contributed by atoms with Crippen LogP contribution in [0.1, 0.15) is 32.8 Å². The second-order valence-electron chi connectivity index (χ2n) is 5.06. The van der Waals surface area contributed by atoms with Crippen molar-refractivity contribution in [2.45, 2.75) is 27.2 Å². The fourth-order valence-corrected chi connectivity index (χ4v) is 1.98. The minimum absolute atomic E-state index is 0.972. The molecule has 1 aromatic carbocycles. The van der Waals surface area contributed by atoms with Crippen LogP contribution in [0.5, 0.6) is 0 Å². The van der Waals surface area contributed by atoms with Crippen LogP contribution in [-0.4, -0.2) is 0 Å². The first-order valence-electron chi connectivity index (χ1n) is 7.73. The first-order chi connectivity index (χ1) is 10.6. The van der Waals surface area contributed by atoms with Gasteiger partial charge in [0.25, 0.3) is 0 Å². The lowest BCUT2D eigenvalue weighted by atomic mass is 10.0. The molecule has 0 unspecified atom stereocenters. The predicted molar refractivity (Wildman–Crippen MR) is 101 cm³/mol. The summed E-state index contributed by atoms with van der Waals surface area (Å²) in [6.07, 6.45) is 13.6. The van der Waals surface area contributed by atoms with E-state index in [-0.39, 0.29) is 0 Å². The third-order valence-corrected chi connectivity index (χ3v) is 3.52. The summed E-state index contributed by atoms with van der Waals surface area (Å²) in [5.41, 5.74) is 5.66. The molecular formula is C22H26. The summed E-state index contributed by atoms with van der Waals surface area (Å²) in [5, 5.41) is 0. The summed E-state index contributed by atoms with van der Waals surface area (Å²) in [6.45, 7) is 14.4. The zero-order valence-electron chi connectivity index (χ0n) is 14.0. The van der Waals surface area contributed by atoms with Crippen LogP contribution in [0.2, 0.25) is 0 Å². The van der Waals surface area contributed by atoms with Gasteiger partial charge in [-0.2, -0.15) is 0 Å². The Morgan fingerprint density at radius 3 is 1.91 bits per heavy atom. The molecule has 1 aromatic rings. The summed E-state index contributed by atoms with van der Waals surface area (Å²) in [7, 11) is 0. The van der Waals surface area contributed by atoms with Gasteiger partial charge in [-0.05, 0) is 42.6 Å². The van der Waals surface area contributed by atoms with Gasteiger partial charge >= 0.3 is 0 Å². The Balaban J connectivity index is 2.88. The van der Waals surface area contributed by atoms with Gasteiger partial charge in [0.2, 0.25) is 0 Å². The van der Waals surface area contributed by atoms with E-state index in [2.05, 4.69) is 82.5 Å². The third-order valence-electron chi connectivity index (χ3n) is 3.52. The minimum Gasteiger partial charge on any atom is -0.0958 e. The van der Waals surface area contributed by atoms with Crippen LogP contribution >= 0.6 is 0 Å². The van der Waals surface area contributed by atoms with Crippen molar-refractivity contribution >= 4 is 5.57 Å². The Labute approximate surface area is 135 Å². The van der Waals surface area contributed by atoms with E-state index in [0.29, 0.717) is 0 Å². The highest BCUT2D eigenvalue weighted by Gasteiger charge is 1.98. The van der Waals surface area contributed by atoms with Crippen molar-refractivity contribution < 1.29 is 0 Å². The highest BCUT2D eigenvalue weighted by Crippen LogP contribution is 2.18. The quantitative estimate of drug-likeness (QED) is 0.492. The summed E-state index contributed by atoms with van der Waals surface area (Å²) in [5.74, 6) is 0. The second kappa shape index (κ2) is 9.57. The zero-order valence-corrected chi connectivity index (χ0v) is 14.0. The standard InChI is InChI=1S/C22H26/c1-6-18(4)14-16-20(7-2)21(8-3)17-15-19(5)22-12-10-9-11-13-22/h7-17H,4-6H2,1-3H3/b16-14-,17-15-,20-7+,21-8+. The summed E-state index contributed by atoms with van der Waals surface area (Å²) < 4.78 is 0. The molecule has 22 heavy (non-hydrogen) atoms.